The minimum atomic E-state index is -0.710. The molecule has 0 unspecified atom stereocenters. The highest BCUT2D eigenvalue weighted by atomic mass is 79.9. The van der Waals surface area contributed by atoms with Crippen LogP contribution in [-0.4, -0.2) is 28.8 Å². The standard InChI is InChI=1S/C19H20BrN3O5/c1-11(2)15-5-4-12(3)6-17(15)28-10-18(24)22-21-9-13-7-14(20)8-16(19(13)25)23(26)27/h4-9,11,25H,10H2,1-3H3,(H,22,24). The van der Waals surface area contributed by atoms with Crippen molar-refractivity contribution in [3.8, 4) is 11.5 Å². The van der Waals surface area contributed by atoms with Crippen LogP contribution >= 0.6 is 15.9 Å². The summed E-state index contributed by atoms with van der Waals surface area (Å²) in [6.45, 7) is 5.76. The number of halogens is 1. The molecule has 0 saturated carbocycles. The van der Waals surface area contributed by atoms with E-state index in [2.05, 4.69) is 26.5 Å². The molecule has 0 heterocycles. The maximum atomic E-state index is 12.0. The first-order valence-corrected chi connectivity index (χ1v) is 9.20. The molecule has 9 heteroatoms. The fourth-order valence-electron chi connectivity index (χ4n) is 2.44. The van der Waals surface area contributed by atoms with Gasteiger partial charge < -0.3 is 9.84 Å². The Kier molecular flexibility index (Phi) is 7.11. The number of hydrogen-bond donors (Lipinski definition) is 2. The molecule has 2 rings (SSSR count). The molecule has 0 aromatic heterocycles. The number of nitro groups is 1. The molecule has 0 aliphatic rings. The third-order valence-corrected chi connectivity index (χ3v) is 4.28. The molecule has 0 fully saturated rings. The monoisotopic (exact) mass is 449 g/mol. The molecule has 2 N–H and O–H groups in total. The predicted molar refractivity (Wildman–Crippen MR) is 109 cm³/mol. The largest absolute Gasteiger partial charge is 0.502 e. The van der Waals surface area contributed by atoms with Gasteiger partial charge in [-0.1, -0.05) is 41.9 Å². The highest BCUT2D eigenvalue weighted by Crippen LogP contribution is 2.32. The van der Waals surface area contributed by atoms with Crippen LogP contribution in [0.4, 0.5) is 5.69 Å². The number of carbonyl (C=O) groups excluding carboxylic acids is 1. The molecule has 1 amide bonds. The first kappa shape index (κ1) is 21.4. The van der Waals surface area contributed by atoms with Crippen LogP contribution in [0.1, 0.15) is 36.5 Å². The first-order chi connectivity index (χ1) is 13.2. The Morgan fingerprint density at radius 3 is 2.75 bits per heavy atom. The zero-order chi connectivity index (χ0) is 20.8. The lowest BCUT2D eigenvalue weighted by Gasteiger charge is -2.14. The zero-order valence-corrected chi connectivity index (χ0v) is 17.2. The number of hydrazone groups is 1. The number of aryl methyl sites for hydroxylation is 1. The number of rotatable bonds is 7. The number of phenolic OH excluding ortho intramolecular Hbond substituents is 1. The number of nitrogens with zero attached hydrogens (tertiary/aromatic N) is 2. The van der Waals surface area contributed by atoms with E-state index >= 15 is 0 Å². The highest BCUT2D eigenvalue weighted by molar-refractivity contribution is 9.10. The number of benzene rings is 2. The summed E-state index contributed by atoms with van der Waals surface area (Å²) in [4.78, 5) is 22.2. The van der Waals surface area contributed by atoms with Gasteiger partial charge in [0.1, 0.15) is 5.75 Å². The number of phenols is 1. The summed E-state index contributed by atoms with van der Waals surface area (Å²) in [6.07, 6.45) is 1.12. The van der Waals surface area contributed by atoms with E-state index in [4.69, 9.17) is 4.74 Å². The van der Waals surface area contributed by atoms with Crippen LogP contribution in [0.3, 0.4) is 0 Å². The van der Waals surface area contributed by atoms with Crippen molar-refractivity contribution in [2.24, 2.45) is 5.10 Å². The van der Waals surface area contributed by atoms with Gasteiger partial charge >= 0.3 is 5.69 Å². The van der Waals surface area contributed by atoms with Crippen LogP contribution in [0.2, 0.25) is 0 Å². The summed E-state index contributed by atoms with van der Waals surface area (Å²) < 4.78 is 6.00. The van der Waals surface area contributed by atoms with Crippen LogP contribution in [-0.2, 0) is 4.79 Å². The van der Waals surface area contributed by atoms with E-state index in [9.17, 15) is 20.0 Å². The average Bonchev–Trinajstić information content (AvgIpc) is 2.62. The fourth-order valence-corrected chi connectivity index (χ4v) is 2.90. The third kappa shape index (κ3) is 5.53. The highest BCUT2D eigenvalue weighted by Gasteiger charge is 2.17. The molecule has 148 valence electrons. The van der Waals surface area contributed by atoms with E-state index in [1.807, 2.05) is 39.0 Å². The lowest BCUT2D eigenvalue weighted by molar-refractivity contribution is -0.385. The molecule has 0 spiro atoms. The summed E-state index contributed by atoms with van der Waals surface area (Å²) in [5.74, 6) is -0.165. The third-order valence-electron chi connectivity index (χ3n) is 3.82. The normalized spacial score (nSPS) is 11.0. The Hall–Kier alpha value is -2.94. The molecule has 0 saturated heterocycles. The van der Waals surface area contributed by atoms with Crippen LogP contribution in [0, 0.1) is 17.0 Å². The number of aromatic hydroxyl groups is 1. The maximum Gasteiger partial charge on any atom is 0.312 e. The van der Waals surface area contributed by atoms with Crippen molar-refractivity contribution in [3.05, 3.63) is 61.6 Å². The van der Waals surface area contributed by atoms with Gasteiger partial charge in [-0.3, -0.25) is 14.9 Å². The molecular weight excluding hydrogens is 430 g/mol. The second-order valence-electron chi connectivity index (χ2n) is 6.40. The molecular formula is C19H20BrN3O5. The summed E-state index contributed by atoms with van der Waals surface area (Å²) in [5.41, 5.74) is 3.90. The molecule has 0 radical (unpaired) electrons. The van der Waals surface area contributed by atoms with Gasteiger partial charge in [-0.15, -0.1) is 0 Å². The van der Waals surface area contributed by atoms with Crippen LogP contribution in [0.5, 0.6) is 11.5 Å². The molecule has 28 heavy (non-hydrogen) atoms. The molecule has 0 aliphatic heterocycles. The Balaban J connectivity index is 2.02. The molecule has 2 aromatic rings. The predicted octanol–water partition coefficient (Wildman–Crippen LogP) is 4.02. The molecule has 2 aromatic carbocycles. The Morgan fingerprint density at radius 1 is 1.39 bits per heavy atom. The topological polar surface area (TPSA) is 114 Å². The number of carbonyl (C=O) groups is 1. The quantitative estimate of drug-likeness (QED) is 0.376. The van der Waals surface area contributed by atoms with E-state index in [0.717, 1.165) is 17.3 Å². The van der Waals surface area contributed by atoms with Crippen LogP contribution in [0.25, 0.3) is 0 Å². The molecule has 0 atom stereocenters. The molecule has 0 bridgehead atoms. The van der Waals surface area contributed by atoms with Gasteiger partial charge in [0, 0.05) is 16.1 Å². The minimum absolute atomic E-state index is 0.0862. The Labute approximate surface area is 170 Å². The Morgan fingerprint density at radius 2 is 2.11 bits per heavy atom. The molecule has 8 nitrogen and oxygen atoms in total. The van der Waals surface area contributed by atoms with E-state index in [-0.39, 0.29) is 18.1 Å². The number of nitrogens with one attached hydrogen (secondary N) is 1. The lowest BCUT2D eigenvalue weighted by Crippen LogP contribution is -2.25. The van der Waals surface area contributed by atoms with Crippen molar-refractivity contribution < 1.29 is 19.6 Å². The number of ether oxygens (including phenoxy) is 1. The number of amides is 1. The van der Waals surface area contributed by atoms with Crippen molar-refractivity contribution in [1.82, 2.24) is 5.43 Å². The summed E-state index contributed by atoms with van der Waals surface area (Å²) in [7, 11) is 0. The van der Waals surface area contributed by atoms with Gasteiger partial charge in [-0.25, -0.2) is 5.43 Å². The smallest absolute Gasteiger partial charge is 0.312 e. The van der Waals surface area contributed by atoms with Gasteiger partial charge in [0.25, 0.3) is 5.91 Å². The maximum absolute atomic E-state index is 12.0. The molecule has 0 aliphatic carbocycles. The van der Waals surface area contributed by atoms with Crippen molar-refractivity contribution in [2.45, 2.75) is 26.7 Å². The van der Waals surface area contributed by atoms with Gasteiger partial charge in [0.2, 0.25) is 5.75 Å². The van der Waals surface area contributed by atoms with Crippen molar-refractivity contribution in [2.75, 3.05) is 6.61 Å². The second kappa shape index (κ2) is 9.32. The zero-order valence-electron chi connectivity index (χ0n) is 15.6. The van der Waals surface area contributed by atoms with Gasteiger partial charge in [0.05, 0.1) is 11.1 Å². The van der Waals surface area contributed by atoms with Crippen molar-refractivity contribution in [1.29, 1.82) is 0 Å². The Bertz CT molecular complexity index is 928. The summed E-state index contributed by atoms with van der Waals surface area (Å²) >= 11 is 3.13. The van der Waals surface area contributed by atoms with Crippen LogP contribution < -0.4 is 10.2 Å². The minimum Gasteiger partial charge on any atom is -0.502 e. The second-order valence-corrected chi connectivity index (χ2v) is 7.31. The average molecular weight is 450 g/mol. The number of hydrogen-bond acceptors (Lipinski definition) is 6. The fraction of sp³-hybridized carbons (Fsp3) is 0.263. The summed E-state index contributed by atoms with van der Waals surface area (Å²) in [6, 6.07) is 8.43. The van der Waals surface area contributed by atoms with E-state index in [1.165, 1.54) is 12.1 Å². The van der Waals surface area contributed by atoms with Gasteiger partial charge in [-0.2, -0.15) is 5.10 Å². The van der Waals surface area contributed by atoms with Crippen LogP contribution in [0.15, 0.2) is 39.9 Å². The van der Waals surface area contributed by atoms with E-state index in [0.29, 0.717) is 10.2 Å². The van der Waals surface area contributed by atoms with E-state index in [1.54, 1.807) is 0 Å². The van der Waals surface area contributed by atoms with Crippen molar-refractivity contribution in [3.63, 3.8) is 0 Å². The van der Waals surface area contributed by atoms with Gasteiger partial charge in [-0.05, 0) is 36.1 Å². The van der Waals surface area contributed by atoms with Crippen molar-refractivity contribution >= 4 is 33.7 Å². The first-order valence-electron chi connectivity index (χ1n) is 8.41. The van der Waals surface area contributed by atoms with Gasteiger partial charge in [0.15, 0.2) is 6.61 Å². The lowest BCUT2D eigenvalue weighted by atomic mass is 10.0. The van der Waals surface area contributed by atoms with E-state index < -0.39 is 22.3 Å². The SMILES string of the molecule is Cc1ccc(C(C)C)c(OCC(=O)NN=Cc2cc(Br)cc([N+](=O)[O-])c2O)c1. The number of nitro benzene ring substituents is 1. The summed E-state index contributed by atoms with van der Waals surface area (Å²) in [5, 5.41) is 24.6.